The Morgan fingerprint density at radius 1 is 1.71 bits per heavy atom. The number of aliphatic hydroxyl groups is 1. The monoisotopic (exact) mass is 241 g/mol. The van der Waals surface area contributed by atoms with E-state index in [1.165, 1.54) is 6.08 Å². The van der Waals surface area contributed by atoms with Gasteiger partial charge in [-0.1, -0.05) is 6.92 Å². The molecular formula is C11H19N3O3. The maximum Gasteiger partial charge on any atom is 0.212 e. The Morgan fingerprint density at radius 2 is 2.41 bits per heavy atom. The Labute approximate surface area is 101 Å². The largest absolute Gasteiger partial charge is 0.394 e. The third-order valence-electron chi connectivity index (χ3n) is 2.75. The third kappa shape index (κ3) is 3.83. The number of amides is 1. The summed E-state index contributed by atoms with van der Waals surface area (Å²) in [6.07, 6.45) is 4.23. The van der Waals surface area contributed by atoms with Gasteiger partial charge in [-0.25, -0.2) is 0 Å². The number of rotatable bonds is 5. The summed E-state index contributed by atoms with van der Waals surface area (Å²) in [5.74, 6) is 0.339. The van der Waals surface area contributed by atoms with Gasteiger partial charge in [-0.05, 0) is 12.5 Å². The molecule has 0 aliphatic carbocycles. The lowest BCUT2D eigenvalue weighted by molar-refractivity contribution is -0.108. The number of hydrogen-bond acceptors (Lipinski definition) is 5. The van der Waals surface area contributed by atoms with E-state index < -0.39 is 0 Å². The van der Waals surface area contributed by atoms with Crippen molar-refractivity contribution in [1.29, 1.82) is 5.41 Å². The number of carbonyl (C=O) groups is 1. The van der Waals surface area contributed by atoms with Crippen molar-refractivity contribution in [3.8, 4) is 0 Å². The quantitative estimate of drug-likeness (QED) is 0.356. The lowest BCUT2D eigenvalue weighted by Crippen LogP contribution is -2.32. The normalized spacial score (nSPS) is 28.3. The van der Waals surface area contributed by atoms with Crippen LogP contribution in [0.1, 0.15) is 13.3 Å². The second-order valence-electron chi connectivity index (χ2n) is 4.20. The molecule has 0 bridgehead atoms. The molecule has 0 aromatic carbocycles. The lowest BCUT2D eigenvalue weighted by atomic mass is 10.1. The molecule has 1 aliphatic rings. The fraction of sp³-hybridized carbons (Fsp3) is 0.636. The summed E-state index contributed by atoms with van der Waals surface area (Å²) in [4.78, 5) is 11.9. The number of nitrogens with zero attached hydrogens (tertiary/aromatic N) is 1. The smallest absolute Gasteiger partial charge is 0.212 e. The Kier molecular flexibility index (Phi) is 5.11. The van der Waals surface area contributed by atoms with Gasteiger partial charge in [0.15, 0.2) is 0 Å². The van der Waals surface area contributed by atoms with Crippen LogP contribution in [0.4, 0.5) is 0 Å². The second-order valence-corrected chi connectivity index (χ2v) is 4.20. The first kappa shape index (κ1) is 13.7. The molecule has 0 saturated carbocycles. The molecule has 1 saturated heterocycles. The van der Waals surface area contributed by atoms with Gasteiger partial charge < -0.3 is 20.1 Å². The average Bonchev–Trinajstić information content (AvgIpc) is 2.68. The summed E-state index contributed by atoms with van der Waals surface area (Å²) >= 11 is 0. The Morgan fingerprint density at radius 3 is 2.94 bits per heavy atom. The minimum absolute atomic E-state index is 0.0243. The molecule has 1 rings (SSSR count). The molecule has 1 fully saturated rings. The predicted molar refractivity (Wildman–Crippen MR) is 63.4 cm³/mol. The molecule has 3 atom stereocenters. The van der Waals surface area contributed by atoms with Crippen molar-refractivity contribution in [1.82, 2.24) is 10.2 Å². The molecule has 0 radical (unpaired) electrons. The maximum absolute atomic E-state index is 10.1. The average molecular weight is 241 g/mol. The van der Waals surface area contributed by atoms with Crippen LogP contribution in [0.15, 0.2) is 12.3 Å². The summed E-state index contributed by atoms with van der Waals surface area (Å²) in [5.41, 5.74) is 0. The molecule has 6 nitrogen and oxygen atoms in total. The SMILES string of the molecule is CC1CC(CO)OC1N(C)/C=C\C(=N)NC=O. The van der Waals surface area contributed by atoms with Crippen LogP contribution in [0.25, 0.3) is 0 Å². The van der Waals surface area contributed by atoms with Crippen molar-refractivity contribution in [3.05, 3.63) is 12.3 Å². The van der Waals surface area contributed by atoms with Crippen molar-refractivity contribution >= 4 is 12.2 Å². The van der Waals surface area contributed by atoms with Gasteiger partial charge in [-0.3, -0.25) is 10.2 Å². The van der Waals surface area contributed by atoms with E-state index in [1.807, 2.05) is 11.9 Å². The molecule has 1 amide bonds. The first-order valence-corrected chi connectivity index (χ1v) is 5.53. The molecule has 6 heteroatoms. The molecule has 0 spiro atoms. The highest BCUT2D eigenvalue weighted by Crippen LogP contribution is 2.27. The maximum atomic E-state index is 10.1. The van der Waals surface area contributed by atoms with Crippen molar-refractivity contribution in [2.75, 3.05) is 13.7 Å². The van der Waals surface area contributed by atoms with Crippen LogP contribution in [0.5, 0.6) is 0 Å². The van der Waals surface area contributed by atoms with Gasteiger partial charge in [-0.2, -0.15) is 0 Å². The molecule has 0 aromatic heterocycles. The van der Waals surface area contributed by atoms with E-state index in [4.69, 9.17) is 15.3 Å². The number of amidine groups is 1. The number of hydrogen-bond donors (Lipinski definition) is 3. The summed E-state index contributed by atoms with van der Waals surface area (Å²) < 4.78 is 5.64. The molecule has 3 unspecified atom stereocenters. The molecular weight excluding hydrogens is 222 g/mol. The van der Waals surface area contributed by atoms with Crippen molar-refractivity contribution in [2.45, 2.75) is 25.7 Å². The number of nitrogens with one attached hydrogen (secondary N) is 2. The van der Waals surface area contributed by atoms with Crippen LogP contribution >= 0.6 is 0 Å². The molecule has 3 N–H and O–H groups in total. The lowest BCUT2D eigenvalue weighted by Gasteiger charge is -2.25. The fourth-order valence-corrected chi connectivity index (χ4v) is 1.92. The number of aliphatic hydroxyl groups excluding tert-OH is 1. The van der Waals surface area contributed by atoms with E-state index in [-0.39, 0.29) is 24.8 Å². The zero-order valence-electron chi connectivity index (χ0n) is 10.1. The fourth-order valence-electron chi connectivity index (χ4n) is 1.92. The minimum atomic E-state index is -0.113. The van der Waals surface area contributed by atoms with E-state index in [0.717, 1.165) is 6.42 Å². The summed E-state index contributed by atoms with van der Waals surface area (Å²) in [6.45, 7) is 2.08. The summed E-state index contributed by atoms with van der Waals surface area (Å²) in [5, 5.41) is 18.6. The molecule has 0 aromatic rings. The third-order valence-corrected chi connectivity index (χ3v) is 2.75. The van der Waals surface area contributed by atoms with Gasteiger partial charge in [0.05, 0.1) is 12.7 Å². The van der Waals surface area contributed by atoms with E-state index >= 15 is 0 Å². The second kappa shape index (κ2) is 6.36. The minimum Gasteiger partial charge on any atom is -0.394 e. The number of ether oxygens (including phenoxy) is 1. The summed E-state index contributed by atoms with van der Waals surface area (Å²) in [7, 11) is 1.84. The van der Waals surface area contributed by atoms with Gasteiger partial charge >= 0.3 is 0 Å². The van der Waals surface area contributed by atoms with Gasteiger partial charge in [0.1, 0.15) is 12.1 Å². The first-order valence-electron chi connectivity index (χ1n) is 5.53. The first-order chi connectivity index (χ1) is 8.08. The summed E-state index contributed by atoms with van der Waals surface area (Å²) in [6, 6.07) is 0. The van der Waals surface area contributed by atoms with Crippen LogP contribution in [0.2, 0.25) is 0 Å². The van der Waals surface area contributed by atoms with Gasteiger partial charge in [0.2, 0.25) is 6.41 Å². The molecule has 1 heterocycles. The van der Waals surface area contributed by atoms with Crippen LogP contribution in [0, 0.1) is 11.3 Å². The van der Waals surface area contributed by atoms with E-state index in [0.29, 0.717) is 12.3 Å². The van der Waals surface area contributed by atoms with Crippen molar-refractivity contribution < 1.29 is 14.6 Å². The van der Waals surface area contributed by atoms with Crippen molar-refractivity contribution in [3.63, 3.8) is 0 Å². The Bertz CT molecular complexity index is 306. The zero-order chi connectivity index (χ0) is 12.8. The van der Waals surface area contributed by atoms with Crippen molar-refractivity contribution in [2.24, 2.45) is 5.92 Å². The van der Waals surface area contributed by atoms with E-state index in [9.17, 15) is 4.79 Å². The Balaban J connectivity index is 2.50. The standard InChI is InChI=1S/C11H19N3O3/c1-8-5-9(6-15)17-11(8)14(2)4-3-10(12)13-7-16/h3-4,7-9,11,15H,5-6H2,1-2H3,(H2,12,13,16)/b4-3-. The highest BCUT2D eigenvalue weighted by Gasteiger charge is 2.33. The van der Waals surface area contributed by atoms with Crippen LogP contribution in [-0.4, -0.2) is 48.2 Å². The van der Waals surface area contributed by atoms with Gasteiger partial charge in [0, 0.05) is 19.2 Å². The zero-order valence-corrected chi connectivity index (χ0v) is 10.1. The molecule has 96 valence electrons. The van der Waals surface area contributed by atoms with E-state index in [2.05, 4.69) is 12.2 Å². The topological polar surface area (TPSA) is 85.7 Å². The van der Waals surface area contributed by atoms with Gasteiger partial charge in [0.25, 0.3) is 0 Å². The molecule has 1 aliphatic heterocycles. The predicted octanol–water partition coefficient (Wildman–Crippen LogP) is -0.101. The molecule has 17 heavy (non-hydrogen) atoms. The highest BCUT2D eigenvalue weighted by molar-refractivity contribution is 5.96. The van der Waals surface area contributed by atoms with Crippen LogP contribution < -0.4 is 5.32 Å². The Hall–Kier alpha value is -1.40. The van der Waals surface area contributed by atoms with Crippen LogP contribution in [0.3, 0.4) is 0 Å². The number of carbonyl (C=O) groups excluding carboxylic acids is 1. The highest BCUT2D eigenvalue weighted by atomic mass is 16.5. The van der Waals surface area contributed by atoms with E-state index in [1.54, 1.807) is 6.20 Å². The van der Waals surface area contributed by atoms with Crippen LogP contribution in [-0.2, 0) is 9.53 Å². The van der Waals surface area contributed by atoms with Gasteiger partial charge in [-0.15, -0.1) is 0 Å².